The van der Waals surface area contributed by atoms with E-state index >= 15 is 0 Å². The van der Waals surface area contributed by atoms with Crippen LogP contribution in [0.2, 0.25) is 0 Å². The zero-order valence-electron chi connectivity index (χ0n) is 10.3. The molecule has 1 heteroatoms. The molecule has 0 amide bonds. The van der Waals surface area contributed by atoms with E-state index in [4.69, 9.17) is 4.74 Å². The largest absolute Gasteiger partial charge is 0.368 e. The Morgan fingerprint density at radius 3 is 2.50 bits per heavy atom. The maximum atomic E-state index is 5.90. The van der Waals surface area contributed by atoms with Crippen molar-refractivity contribution < 1.29 is 4.74 Å². The first-order valence-electron chi connectivity index (χ1n) is 6.27. The molecule has 0 unspecified atom stereocenters. The van der Waals surface area contributed by atoms with Gasteiger partial charge < -0.3 is 4.74 Å². The van der Waals surface area contributed by atoms with Crippen LogP contribution in [0.5, 0.6) is 0 Å². The highest BCUT2D eigenvalue weighted by atomic mass is 16.5. The van der Waals surface area contributed by atoms with Gasteiger partial charge in [-0.25, -0.2) is 0 Å². The minimum absolute atomic E-state index is 0.0577. The van der Waals surface area contributed by atoms with E-state index in [9.17, 15) is 0 Å². The lowest BCUT2D eigenvalue weighted by atomic mass is 9.82. The van der Waals surface area contributed by atoms with Crippen LogP contribution in [0, 0.1) is 0 Å². The summed E-state index contributed by atoms with van der Waals surface area (Å²) in [5.41, 5.74) is 3.93. The van der Waals surface area contributed by atoms with E-state index in [1.807, 2.05) is 12.1 Å². The van der Waals surface area contributed by atoms with Crippen molar-refractivity contribution in [2.24, 2.45) is 0 Å². The fourth-order valence-corrected chi connectivity index (χ4v) is 2.66. The van der Waals surface area contributed by atoms with E-state index in [1.165, 1.54) is 16.7 Å². The average molecular weight is 236 g/mol. The van der Waals surface area contributed by atoms with Crippen LogP contribution in [0.15, 0.2) is 67.3 Å². The molecule has 0 saturated heterocycles. The van der Waals surface area contributed by atoms with E-state index in [1.54, 1.807) is 0 Å². The number of rotatable bonds is 2. The highest BCUT2D eigenvalue weighted by Crippen LogP contribution is 2.36. The van der Waals surface area contributed by atoms with Crippen LogP contribution in [0.25, 0.3) is 0 Å². The van der Waals surface area contributed by atoms with Gasteiger partial charge in [0.1, 0.15) is 0 Å². The molecule has 1 aliphatic rings. The first kappa shape index (κ1) is 11.2. The summed E-state index contributed by atoms with van der Waals surface area (Å²) in [4.78, 5) is 0. The van der Waals surface area contributed by atoms with Crippen molar-refractivity contribution in [3.05, 3.63) is 83.9 Å². The van der Waals surface area contributed by atoms with E-state index in [2.05, 4.69) is 55.1 Å². The van der Waals surface area contributed by atoms with Crippen molar-refractivity contribution >= 4 is 0 Å². The molecule has 18 heavy (non-hydrogen) atoms. The second-order valence-electron chi connectivity index (χ2n) is 4.60. The minimum atomic E-state index is 0.0577. The molecule has 2 aromatic rings. The fourth-order valence-electron chi connectivity index (χ4n) is 2.66. The summed E-state index contributed by atoms with van der Waals surface area (Å²) >= 11 is 0. The Morgan fingerprint density at radius 1 is 1.00 bits per heavy atom. The van der Waals surface area contributed by atoms with Crippen LogP contribution < -0.4 is 0 Å². The fraction of sp³-hybridized carbons (Fsp3) is 0.176. The summed E-state index contributed by atoms with van der Waals surface area (Å²) in [6.45, 7) is 4.58. The lowest BCUT2D eigenvalue weighted by Gasteiger charge is -2.32. The molecule has 1 heterocycles. The topological polar surface area (TPSA) is 9.23 Å². The standard InChI is InChI=1S/C17H16O/c1-2-16-17(13-8-4-3-5-9-13)15-11-7-6-10-14(15)12-18-16/h2-11,16-17H,1,12H2/t16-,17-/m1/s1. The first-order valence-corrected chi connectivity index (χ1v) is 6.27. The molecule has 0 bridgehead atoms. The van der Waals surface area contributed by atoms with Gasteiger partial charge in [-0.15, -0.1) is 6.58 Å². The minimum Gasteiger partial charge on any atom is -0.368 e. The second kappa shape index (κ2) is 4.79. The maximum absolute atomic E-state index is 5.90. The second-order valence-corrected chi connectivity index (χ2v) is 4.60. The SMILES string of the molecule is C=C[C@H]1OCc2ccccc2[C@H]1c1ccccc1. The normalized spacial score (nSPS) is 22.2. The van der Waals surface area contributed by atoms with Crippen molar-refractivity contribution in [2.45, 2.75) is 18.6 Å². The highest BCUT2D eigenvalue weighted by molar-refractivity contribution is 5.41. The van der Waals surface area contributed by atoms with Crippen LogP contribution in [0.1, 0.15) is 22.6 Å². The summed E-state index contributed by atoms with van der Waals surface area (Å²) in [6, 6.07) is 19.0. The van der Waals surface area contributed by atoms with Gasteiger partial charge in [0, 0.05) is 5.92 Å². The van der Waals surface area contributed by atoms with Gasteiger partial charge in [-0.3, -0.25) is 0 Å². The van der Waals surface area contributed by atoms with Gasteiger partial charge >= 0.3 is 0 Å². The van der Waals surface area contributed by atoms with Gasteiger partial charge in [-0.1, -0.05) is 60.7 Å². The Kier molecular flexibility index (Phi) is 2.99. The molecule has 0 spiro atoms. The molecule has 0 fully saturated rings. The van der Waals surface area contributed by atoms with Gasteiger partial charge in [0.2, 0.25) is 0 Å². The zero-order valence-corrected chi connectivity index (χ0v) is 10.3. The predicted molar refractivity (Wildman–Crippen MR) is 73.5 cm³/mol. The molecule has 2 atom stereocenters. The van der Waals surface area contributed by atoms with Crippen LogP contribution in [-0.2, 0) is 11.3 Å². The molecule has 0 aromatic heterocycles. The smallest absolute Gasteiger partial charge is 0.0866 e. The molecule has 1 aliphatic heterocycles. The Bertz CT molecular complexity index is 545. The molecule has 0 saturated carbocycles. The molecule has 90 valence electrons. The summed E-state index contributed by atoms with van der Waals surface area (Å²) in [6.07, 6.45) is 1.97. The number of hydrogen-bond donors (Lipinski definition) is 0. The van der Waals surface area contributed by atoms with Crippen LogP contribution in [-0.4, -0.2) is 6.10 Å². The molecule has 0 radical (unpaired) electrons. The van der Waals surface area contributed by atoms with Crippen molar-refractivity contribution in [1.29, 1.82) is 0 Å². The van der Waals surface area contributed by atoms with E-state index in [0.717, 1.165) is 0 Å². The molecule has 2 aromatic carbocycles. The molecular formula is C17H16O. The Morgan fingerprint density at radius 2 is 1.72 bits per heavy atom. The molecule has 3 rings (SSSR count). The first-order chi connectivity index (χ1) is 8.90. The Labute approximate surface area is 108 Å². The third-order valence-electron chi connectivity index (χ3n) is 3.54. The number of fused-ring (bicyclic) bond motifs is 1. The maximum Gasteiger partial charge on any atom is 0.0866 e. The third-order valence-corrected chi connectivity index (χ3v) is 3.54. The van der Waals surface area contributed by atoms with Crippen molar-refractivity contribution in [3.63, 3.8) is 0 Å². The lowest BCUT2D eigenvalue weighted by molar-refractivity contribution is 0.0477. The van der Waals surface area contributed by atoms with Gasteiger partial charge in [-0.2, -0.15) is 0 Å². The van der Waals surface area contributed by atoms with Crippen LogP contribution in [0.3, 0.4) is 0 Å². The predicted octanol–water partition coefficient (Wildman–Crippen LogP) is 3.90. The van der Waals surface area contributed by atoms with Crippen LogP contribution >= 0.6 is 0 Å². The summed E-state index contributed by atoms with van der Waals surface area (Å²) in [5.74, 6) is 0.258. The Balaban J connectivity index is 2.12. The summed E-state index contributed by atoms with van der Waals surface area (Å²) < 4.78 is 5.90. The number of ether oxygens (including phenoxy) is 1. The molecule has 0 aliphatic carbocycles. The lowest BCUT2D eigenvalue weighted by Crippen LogP contribution is -2.27. The quantitative estimate of drug-likeness (QED) is 0.718. The third kappa shape index (κ3) is 1.87. The summed E-state index contributed by atoms with van der Waals surface area (Å²) in [5, 5.41) is 0. The number of benzene rings is 2. The van der Waals surface area contributed by atoms with Gasteiger partial charge in [0.25, 0.3) is 0 Å². The van der Waals surface area contributed by atoms with Gasteiger partial charge in [-0.05, 0) is 16.7 Å². The molecule has 1 nitrogen and oxygen atoms in total. The van der Waals surface area contributed by atoms with Crippen molar-refractivity contribution in [3.8, 4) is 0 Å². The zero-order chi connectivity index (χ0) is 12.4. The van der Waals surface area contributed by atoms with E-state index < -0.39 is 0 Å². The van der Waals surface area contributed by atoms with Gasteiger partial charge in [0.15, 0.2) is 0 Å². The Hall–Kier alpha value is -1.86. The number of hydrogen-bond acceptors (Lipinski definition) is 1. The van der Waals surface area contributed by atoms with Gasteiger partial charge in [0.05, 0.1) is 12.7 Å². The summed E-state index contributed by atoms with van der Waals surface area (Å²) in [7, 11) is 0. The van der Waals surface area contributed by atoms with Crippen LogP contribution in [0.4, 0.5) is 0 Å². The van der Waals surface area contributed by atoms with E-state index in [0.29, 0.717) is 6.61 Å². The van der Waals surface area contributed by atoms with E-state index in [-0.39, 0.29) is 12.0 Å². The highest BCUT2D eigenvalue weighted by Gasteiger charge is 2.29. The van der Waals surface area contributed by atoms with Crippen molar-refractivity contribution in [2.75, 3.05) is 0 Å². The molecule has 0 N–H and O–H groups in total. The average Bonchev–Trinajstić information content (AvgIpc) is 2.47. The monoisotopic (exact) mass is 236 g/mol. The molecular weight excluding hydrogens is 220 g/mol. The van der Waals surface area contributed by atoms with Crippen molar-refractivity contribution in [1.82, 2.24) is 0 Å².